The minimum atomic E-state index is -0.128. The molecule has 130 valence electrons. The molecule has 4 rings (SSSR count). The normalized spacial score (nSPS) is 11.0. The van der Waals surface area contributed by atoms with Gasteiger partial charge in [0.2, 0.25) is 5.89 Å². The Kier molecular flexibility index (Phi) is 4.22. The second kappa shape index (κ2) is 6.69. The van der Waals surface area contributed by atoms with Gasteiger partial charge in [0.1, 0.15) is 12.0 Å². The lowest BCUT2D eigenvalue weighted by atomic mass is 10.1. The zero-order valence-corrected chi connectivity index (χ0v) is 14.8. The maximum Gasteiger partial charge on any atom is 0.268 e. The van der Waals surface area contributed by atoms with Crippen molar-refractivity contribution in [2.75, 3.05) is 0 Å². The molecule has 2 aromatic carbocycles. The quantitative estimate of drug-likeness (QED) is 0.582. The van der Waals surface area contributed by atoms with Crippen LogP contribution in [-0.2, 0) is 13.6 Å². The van der Waals surface area contributed by atoms with Gasteiger partial charge in [0.05, 0.1) is 6.20 Å². The number of aromatic nitrogens is 2. The van der Waals surface area contributed by atoms with Crippen molar-refractivity contribution in [2.24, 2.45) is 7.05 Å². The number of carbonyl (C=O) groups excluding carboxylic acids is 1. The molecule has 0 aliphatic heterocycles. The molecular weight excluding hydrogens is 350 g/mol. The number of rotatable bonds is 4. The average molecular weight is 366 g/mol. The number of nitrogens with one attached hydrogen (secondary N) is 1. The third-order valence-electron chi connectivity index (χ3n) is 4.33. The fourth-order valence-electron chi connectivity index (χ4n) is 2.93. The number of aryl methyl sites for hydroxylation is 1. The minimum Gasteiger partial charge on any atom is -0.445 e. The first-order valence-electron chi connectivity index (χ1n) is 8.14. The van der Waals surface area contributed by atoms with Gasteiger partial charge < -0.3 is 14.3 Å². The number of hydrogen-bond donors (Lipinski definition) is 1. The molecule has 0 aliphatic rings. The Morgan fingerprint density at radius 1 is 1.19 bits per heavy atom. The van der Waals surface area contributed by atoms with E-state index in [1.165, 1.54) is 0 Å². The van der Waals surface area contributed by atoms with Gasteiger partial charge in [-0.3, -0.25) is 4.79 Å². The monoisotopic (exact) mass is 365 g/mol. The van der Waals surface area contributed by atoms with E-state index >= 15 is 0 Å². The van der Waals surface area contributed by atoms with Gasteiger partial charge in [0, 0.05) is 35.1 Å². The molecule has 0 atom stereocenters. The lowest BCUT2D eigenvalue weighted by Crippen LogP contribution is -2.24. The molecule has 0 unspecified atom stereocenters. The van der Waals surface area contributed by atoms with Crippen molar-refractivity contribution in [2.45, 2.75) is 6.54 Å². The van der Waals surface area contributed by atoms with Crippen molar-refractivity contribution in [1.29, 1.82) is 0 Å². The maximum atomic E-state index is 12.6. The second-order valence-corrected chi connectivity index (χ2v) is 6.45. The number of oxazole rings is 1. The highest BCUT2D eigenvalue weighted by Crippen LogP contribution is 2.23. The van der Waals surface area contributed by atoms with Gasteiger partial charge in [-0.2, -0.15) is 0 Å². The summed E-state index contributed by atoms with van der Waals surface area (Å²) >= 11 is 6.05. The van der Waals surface area contributed by atoms with Crippen LogP contribution in [0.3, 0.4) is 0 Å². The van der Waals surface area contributed by atoms with Crippen LogP contribution in [0.4, 0.5) is 0 Å². The van der Waals surface area contributed by atoms with Crippen molar-refractivity contribution in [1.82, 2.24) is 14.9 Å². The van der Waals surface area contributed by atoms with Gasteiger partial charge in [0.15, 0.2) is 0 Å². The van der Waals surface area contributed by atoms with Gasteiger partial charge in [-0.15, -0.1) is 0 Å². The Morgan fingerprint density at radius 2 is 2.00 bits per heavy atom. The van der Waals surface area contributed by atoms with Crippen LogP contribution >= 0.6 is 11.6 Å². The Bertz CT molecular complexity index is 1070. The molecule has 0 aliphatic carbocycles. The van der Waals surface area contributed by atoms with Crippen molar-refractivity contribution < 1.29 is 9.21 Å². The summed E-state index contributed by atoms with van der Waals surface area (Å²) in [6.45, 7) is 0.437. The third kappa shape index (κ3) is 3.09. The first-order chi connectivity index (χ1) is 12.6. The van der Waals surface area contributed by atoms with Crippen LogP contribution in [-0.4, -0.2) is 15.5 Å². The SMILES string of the molecule is Cn1c(C(=O)NCc2ccc(-c3ncco3)cc2)cc2ccc(Cl)cc21. The number of benzene rings is 2. The summed E-state index contributed by atoms with van der Waals surface area (Å²) in [5, 5.41) is 4.59. The van der Waals surface area contributed by atoms with Crippen LogP contribution in [0.2, 0.25) is 5.02 Å². The van der Waals surface area contributed by atoms with Gasteiger partial charge in [-0.25, -0.2) is 4.98 Å². The fourth-order valence-corrected chi connectivity index (χ4v) is 3.09. The lowest BCUT2D eigenvalue weighted by Gasteiger charge is -2.07. The fraction of sp³-hybridized carbons (Fsp3) is 0.100. The van der Waals surface area contributed by atoms with Crippen LogP contribution in [0.5, 0.6) is 0 Å². The lowest BCUT2D eigenvalue weighted by molar-refractivity contribution is 0.0943. The zero-order chi connectivity index (χ0) is 18.1. The van der Waals surface area contributed by atoms with E-state index in [0.717, 1.165) is 22.0 Å². The number of amides is 1. The summed E-state index contributed by atoms with van der Waals surface area (Å²) in [5.41, 5.74) is 3.42. The number of nitrogens with zero attached hydrogens (tertiary/aromatic N) is 2. The number of fused-ring (bicyclic) bond motifs is 1. The molecule has 1 amide bonds. The molecule has 0 fully saturated rings. The number of carbonyl (C=O) groups is 1. The topological polar surface area (TPSA) is 60.1 Å². The highest BCUT2D eigenvalue weighted by molar-refractivity contribution is 6.31. The molecule has 0 spiro atoms. The van der Waals surface area contributed by atoms with Gasteiger partial charge >= 0.3 is 0 Å². The van der Waals surface area contributed by atoms with Crippen molar-refractivity contribution in [3.8, 4) is 11.5 Å². The Hall–Kier alpha value is -3.05. The summed E-state index contributed by atoms with van der Waals surface area (Å²) in [5.74, 6) is 0.450. The highest BCUT2D eigenvalue weighted by Gasteiger charge is 2.13. The number of halogens is 1. The molecule has 5 nitrogen and oxygen atoms in total. The van der Waals surface area contributed by atoms with E-state index < -0.39 is 0 Å². The van der Waals surface area contributed by atoms with Crippen molar-refractivity contribution >= 4 is 28.4 Å². The van der Waals surface area contributed by atoms with E-state index in [-0.39, 0.29) is 5.91 Å². The standard InChI is InChI=1S/C20H16ClN3O2/c1-24-17-11-16(21)7-6-15(17)10-18(24)19(25)23-12-13-2-4-14(5-3-13)20-22-8-9-26-20/h2-11H,12H2,1H3,(H,23,25). The molecule has 1 N–H and O–H groups in total. The Balaban J connectivity index is 1.48. The van der Waals surface area contributed by atoms with Crippen molar-refractivity contribution in [3.63, 3.8) is 0 Å². The Morgan fingerprint density at radius 3 is 2.73 bits per heavy atom. The minimum absolute atomic E-state index is 0.128. The van der Waals surface area contributed by atoms with Crippen LogP contribution < -0.4 is 5.32 Å². The van der Waals surface area contributed by atoms with Gasteiger partial charge in [-0.1, -0.05) is 29.8 Å². The van der Waals surface area contributed by atoms with Gasteiger partial charge in [0.25, 0.3) is 5.91 Å². The molecule has 6 heteroatoms. The summed E-state index contributed by atoms with van der Waals surface area (Å²) in [7, 11) is 1.86. The third-order valence-corrected chi connectivity index (χ3v) is 4.56. The molecule has 0 saturated heterocycles. The van der Waals surface area contributed by atoms with Crippen molar-refractivity contribution in [3.05, 3.63) is 77.3 Å². The summed E-state index contributed by atoms with van der Waals surface area (Å²) in [6, 6.07) is 15.2. The van der Waals surface area contributed by atoms with Crippen LogP contribution in [0.1, 0.15) is 16.1 Å². The molecule has 0 saturated carbocycles. The molecule has 2 heterocycles. The van der Waals surface area contributed by atoms with Gasteiger partial charge in [-0.05, 0) is 35.9 Å². The average Bonchev–Trinajstić information content (AvgIpc) is 3.29. The van der Waals surface area contributed by atoms with E-state index in [1.54, 1.807) is 12.5 Å². The molecule has 2 aromatic heterocycles. The molecule has 4 aromatic rings. The van der Waals surface area contributed by atoms with E-state index in [4.69, 9.17) is 16.0 Å². The molecule has 0 radical (unpaired) electrons. The van der Waals surface area contributed by atoms with E-state index in [9.17, 15) is 4.79 Å². The van der Waals surface area contributed by atoms with E-state index in [2.05, 4.69) is 10.3 Å². The largest absolute Gasteiger partial charge is 0.445 e. The summed E-state index contributed by atoms with van der Waals surface area (Å²) in [6.07, 6.45) is 3.15. The second-order valence-electron chi connectivity index (χ2n) is 6.01. The number of hydrogen-bond acceptors (Lipinski definition) is 3. The maximum absolute atomic E-state index is 12.6. The Labute approximate surface area is 155 Å². The highest BCUT2D eigenvalue weighted by atomic mass is 35.5. The van der Waals surface area contributed by atoms with E-state index in [1.807, 2.05) is 60.1 Å². The van der Waals surface area contributed by atoms with Crippen LogP contribution in [0, 0.1) is 0 Å². The predicted octanol–water partition coefficient (Wildman–Crippen LogP) is 4.42. The zero-order valence-electron chi connectivity index (χ0n) is 14.1. The molecular formula is C20H16ClN3O2. The summed E-state index contributed by atoms with van der Waals surface area (Å²) in [4.78, 5) is 16.7. The predicted molar refractivity (Wildman–Crippen MR) is 101 cm³/mol. The summed E-state index contributed by atoms with van der Waals surface area (Å²) < 4.78 is 7.12. The molecule has 0 bridgehead atoms. The smallest absolute Gasteiger partial charge is 0.268 e. The van der Waals surface area contributed by atoms with Crippen LogP contribution in [0.15, 0.2) is 65.4 Å². The van der Waals surface area contributed by atoms with Crippen LogP contribution in [0.25, 0.3) is 22.4 Å². The first-order valence-corrected chi connectivity index (χ1v) is 8.51. The van der Waals surface area contributed by atoms with E-state index in [0.29, 0.717) is 23.2 Å². The molecule has 26 heavy (non-hydrogen) atoms. The first kappa shape index (κ1) is 16.4.